The molecular weight excluding hydrogens is 291 g/mol. The number of alkyl halides is 3. The van der Waals surface area contributed by atoms with Crippen LogP contribution in [0.4, 0.5) is 22.0 Å². The van der Waals surface area contributed by atoms with Crippen molar-refractivity contribution in [1.29, 1.82) is 0 Å². The van der Waals surface area contributed by atoms with Crippen LogP contribution in [0, 0.1) is 11.6 Å². The molecule has 0 aliphatic carbocycles. The van der Waals surface area contributed by atoms with Crippen molar-refractivity contribution in [3.63, 3.8) is 0 Å². The van der Waals surface area contributed by atoms with E-state index in [1.807, 2.05) is 0 Å². The summed E-state index contributed by atoms with van der Waals surface area (Å²) >= 11 is 5.62. The second-order valence-electron chi connectivity index (χ2n) is 4.01. The Hall–Kier alpha value is -1.34. The quantitative estimate of drug-likeness (QED) is 0.801. The molecule has 0 amide bonds. The molecule has 1 unspecified atom stereocenters. The monoisotopic (exact) mass is 298 g/mol. The van der Waals surface area contributed by atoms with Crippen molar-refractivity contribution in [2.24, 2.45) is 0 Å². The second-order valence-corrected chi connectivity index (χ2v) is 4.42. The summed E-state index contributed by atoms with van der Waals surface area (Å²) in [7, 11) is 1.05. The number of hydrogen-bond acceptors (Lipinski definition) is 2. The summed E-state index contributed by atoms with van der Waals surface area (Å²) in [6, 6.07) is 1.86. The van der Waals surface area contributed by atoms with Crippen LogP contribution >= 0.6 is 11.6 Å². The number of nitrogens with one attached hydrogen (secondary N) is 1. The zero-order valence-electron chi connectivity index (χ0n) is 9.52. The molecule has 0 saturated heterocycles. The molecule has 19 heavy (non-hydrogen) atoms. The molecule has 1 aliphatic heterocycles. The normalized spacial score (nSPS) is 24.3. The highest BCUT2D eigenvalue weighted by Gasteiger charge is 2.64. The van der Waals surface area contributed by atoms with E-state index in [9.17, 15) is 22.0 Å². The van der Waals surface area contributed by atoms with Gasteiger partial charge in [0.15, 0.2) is 5.54 Å². The fourth-order valence-electron chi connectivity index (χ4n) is 2.08. The minimum atomic E-state index is -4.94. The van der Waals surface area contributed by atoms with Crippen LogP contribution in [-0.4, -0.2) is 18.2 Å². The summed E-state index contributed by atoms with van der Waals surface area (Å²) < 4.78 is 67.2. The topological polar surface area (TPSA) is 15.3 Å². The van der Waals surface area contributed by atoms with Crippen LogP contribution in [0.15, 0.2) is 29.4 Å². The maximum Gasteiger partial charge on any atom is 0.417 e. The van der Waals surface area contributed by atoms with Crippen LogP contribution in [-0.2, 0) is 5.54 Å². The van der Waals surface area contributed by atoms with Gasteiger partial charge >= 0.3 is 6.18 Å². The molecule has 0 bridgehead atoms. The molecular formula is C11H8ClF5N2. The van der Waals surface area contributed by atoms with E-state index in [0.717, 1.165) is 19.3 Å². The predicted octanol–water partition coefficient (Wildman–Crippen LogP) is 3.25. The zero-order valence-corrected chi connectivity index (χ0v) is 10.3. The molecule has 1 aromatic rings. The van der Waals surface area contributed by atoms with Crippen LogP contribution < -0.4 is 5.43 Å². The maximum absolute atomic E-state index is 13.7. The fraction of sp³-hybridized carbons (Fsp3) is 0.273. The third-order valence-corrected chi connectivity index (χ3v) is 3.34. The summed E-state index contributed by atoms with van der Waals surface area (Å²) in [6.45, 7) is 0. The summed E-state index contributed by atoms with van der Waals surface area (Å²) in [6.07, 6.45) is -4.05. The first kappa shape index (κ1) is 14.1. The first-order chi connectivity index (χ1) is 8.71. The van der Waals surface area contributed by atoms with E-state index in [4.69, 9.17) is 11.6 Å². The molecule has 0 saturated carbocycles. The largest absolute Gasteiger partial charge is 0.417 e. The van der Waals surface area contributed by atoms with Crippen molar-refractivity contribution in [1.82, 2.24) is 10.4 Å². The van der Waals surface area contributed by atoms with Gasteiger partial charge in [0.25, 0.3) is 0 Å². The van der Waals surface area contributed by atoms with Crippen molar-refractivity contribution in [2.45, 2.75) is 11.7 Å². The van der Waals surface area contributed by atoms with Gasteiger partial charge in [-0.2, -0.15) is 13.2 Å². The molecule has 1 aliphatic rings. The number of benzene rings is 1. The van der Waals surface area contributed by atoms with Crippen LogP contribution in [0.5, 0.6) is 0 Å². The first-order valence-electron chi connectivity index (χ1n) is 5.09. The van der Waals surface area contributed by atoms with Gasteiger partial charge in [-0.15, -0.1) is 0 Å². The number of hydrogen-bond donors (Lipinski definition) is 1. The molecule has 104 valence electrons. The van der Waals surface area contributed by atoms with Gasteiger partial charge in [0.05, 0.1) is 5.03 Å². The third kappa shape index (κ3) is 1.88. The lowest BCUT2D eigenvalue weighted by Gasteiger charge is -2.38. The Morgan fingerprint density at radius 1 is 1.26 bits per heavy atom. The molecule has 1 heterocycles. The molecule has 0 aromatic heterocycles. The van der Waals surface area contributed by atoms with Crippen LogP contribution in [0.2, 0.25) is 0 Å². The van der Waals surface area contributed by atoms with Crippen molar-refractivity contribution < 1.29 is 22.0 Å². The highest BCUT2D eigenvalue weighted by atomic mass is 35.5. The number of rotatable bonds is 1. The van der Waals surface area contributed by atoms with Crippen LogP contribution in [0.1, 0.15) is 5.56 Å². The van der Waals surface area contributed by atoms with Crippen molar-refractivity contribution in [3.05, 3.63) is 46.6 Å². The Morgan fingerprint density at radius 3 is 2.37 bits per heavy atom. The predicted molar refractivity (Wildman–Crippen MR) is 58.9 cm³/mol. The first-order valence-corrected chi connectivity index (χ1v) is 5.47. The van der Waals surface area contributed by atoms with E-state index in [2.05, 4.69) is 5.43 Å². The van der Waals surface area contributed by atoms with Gasteiger partial charge in [-0.25, -0.2) is 13.8 Å². The Bertz CT molecular complexity index is 542. The third-order valence-electron chi connectivity index (χ3n) is 2.96. The number of likely N-dealkylation sites (N-methyl/N-ethyl adjacent to an activating group) is 1. The van der Waals surface area contributed by atoms with Gasteiger partial charge in [0.1, 0.15) is 11.6 Å². The summed E-state index contributed by atoms with van der Waals surface area (Å²) in [5.74, 6) is -2.18. The molecule has 0 radical (unpaired) electrons. The minimum Gasteiger partial charge on any atom is -0.324 e. The van der Waals surface area contributed by atoms with E-state index < -0.39 is 33.9 Å². The Balaban J connectivity index is 2.77. The Labute approximate surface area is 110 Å². The lowest BCUT2D eigenvalue weighted by Crippen LogP contribution is -2.55. The van der Waals surface area contributed by atoms with Gasteiger partial charge in [-0.3, -0.25) is 0 Å². The number of nitrogens with zero attached hydrogens (tertiary/aromatic N) is 1. The van der Waals surface area contributed by atoms with Gasteiger partial charge in [-0.1, -0.05) is 11.6 Å². The minimum absolute atomic E-state index is 0.489. The summed E-state index contributed by atoms with van der Waals surface area (Å²) in [5.41, 5.74) is -1.60. The lowest BCUT2D eigenvalue weighted by molar-refractivity contribution is -0.219. The van der Waals surface area contributed by atoms with Crippen molar-refractivity contribution >= 4 is 11.6 Å². The van der Waals surface area contributed by atoms with E-state index in [-0.39, 0.29) is 0 Å². The molecule has 8 heteroatoms. The van der Waals surface area contributed by atoms with Gasteiger partial charge in [0.2, 0.25) is 0 Å². The van der Waals surface area contributed by atoms with E-state index in [1.165, 1.54) is 0 Å². The number of hydrazine groups is 1. The molecule has 1 N–H and O–H groups in total. The summed E-state index contributed by atoms with van der Waals surface area (Å²) in [4.78, 5) is 0. The molecule has 0 spiro atoms. The Morgan fingerprint density at radius 2 is 1.89 bits per heavy atom. The highest BCUT2D eigenvalue weighted by molar-refractivity contribution is 6.31. The van der Waals surface area contributed by atoms with Crippen molar-refractivity contribution in [2.75, 3.05) is 7.05 Å². The number of halogens is 6. The standard InChI is InChI=1S/C11H8ClF5N2/c1-19-10(11(15,16)17,9(12)5-18-19)7-4-6(13)2-3-8(7)14/h2-5,18H,1H3. The molecule has 0 fully saturated rings. The molecule has 2 nitrogen and oxygen atoms in total. The maximum atomic E-state index is 13.7. The fourth-order valence-corrected chi connectivity index (χ4v) is 2.46. The lowest BCUT2D eigenvalue weighted by atomic mass is 9.88. The molecule has 1 atom stereocenters. The SMILES string of the molecule is CN1NC=C(Cl)C1(c1cc(F)ccc1F)C(F)(F)F. The molecule has 1 aromatic carbocycles. The van der Waals surface area contributed by atoms with Crippen molar-refractivity contribution in [3.8, 4) is 0 Å². The van der Waals surface area contributed by atoms with Gasteiger partial charge in [0, 0.05) is 18.8 Å². The van der Waals surface area contributed by atoms with Crippen LogP contribution in [0.3, 0.4) is 0 Å². The summed E-state index contributed by atoms with van der Waals surface area (Å²) in [5, 5.41) is -0.0975. The van der Waals surface area contributed by atoms with Crippen LogP contribution in [0.25, 0.3) is 0 Å². The van der Waals surface area contributed by atoms with E-state index >= 15 is 0 Å². The zero-order chi connectivity index (χ0) is 14.4. The smallest absolute Gasteiger partial charge is 0.324 e. The highest BCUT2D eigenvalue weighted by Crippen LogP contribution is 2.51. The Kier molecular flexibility index (Phi) is 3.22. The average molecular weight is 299 g/mol. The van der Waals surface area contributed by atoms with E-state index in [0.29, 0.717) is 17.1 Å². The average Bonchev–Trinajstić information content (AvgIpc) is 2.59. The van der Waals surface area contributed by atoms with Gasteiger partial charge < -0.3 is 5.43 Å². The van der Waals surface area contributed by atoms with E-state index in [1.54, 1.807) is 0 Å². The van der Waals surface area contributed by atoms with Gasteiger partial charge in [-0.05, 0) is 18.2 Å². The second kappa shape index (κ2) is 4.35. The molecule has 2 rings (SSSR count).